The third kappa shape index (κ3) is 5.00. The smallest absolute Gasteiger partial charge is 0.279 e. The van der Waals surface area contributed by atoms with E-state index < -0.39 is 18.3 Å². The van der Waals surface area contributed by atoms with Crippen molar-refractivity contribution in [3.8, 4) is 11.1 Å². The van der Waals surface area contributed by atoms with Crippen LogP contribution in [0.1, 0.15) is 54.0 Å². The van der Waals surface area contributed by atoms with Gasteiger partial charge in [-0.1, -0.05) is 13.8 Å². The van der Waals surface area contributed by atoms with Gasteiger partial charge in [-0.3, -0.25) is 14.5 Å². The molecule has 1 amide bonds. The van der Waals surface area contributed by atoms with Gasteiger partial charge in [-0.15, -0.1) is 0 Å². The second-order valence-corrected chi connectivity index (χ2v) is 14.6. The number of halogens is 1. The van der Waals surface area contributed by atoms with Crippen molar-refractivity contribution in [1.82, 2.24) is 19.1 Å². The molecule has 7 heterocycles. The molecule has 1 aliphatic carbocycles. The van der Waals surface area contributed by atoms with Gasteiger partial charge >= 0.3 is 0 Å². The highest BCUT2D eigenvalue weighted by Crippen LogP contribution is 2.42. The van der Waals surface area contributed by atoms with Crippen molar-refractivity contribution >= 4 is 28.9 Å². The second kappa shape index (κ2) is 11.3. The summed E-state index contributed by atoms with van der Waals surface area (Å²) in [7, 11) is 1.66. The lowest BCUT2D eigenvalue weighted by Crippen LogP contribution is -2.50. The van der Waals surface area contributed by atoms with Crippen LogP contribution in [-0.4, -0.2) is 63.0 Å². The number of fused-ring (bicyclic) bond motifs is 3. The summed E-state index contributed by atoms with van der Waals surface area (Å²) in [4.78, 5) is 40.0. The number of rotatable bonds is 6. The van der Waals surface area contributed by atoms with Crippen LogP contribution in [0.2, 0.25) is 0 Å². The molecule has 4 aromatic heterocycles. The van der Waals surface area contributed by atoms with E-state index in [1.807, 2.05) is 22.9 Å². The number of carbonyl (C=O) groups is 1. The number of piperidine rings is 1. The van der Waals surface area contributed by atoms with E-state index in [2.05, 4.69) is 34.0 Å². The van der Waals surface area contributed by atoms with Gasteiger partial charge in [0.15, 0.2) is 5.82 Å². The summed E-state index contributed by atoms with van der Waals surface area (Å²) in [5, 5.41) is 13.8. The van der Waals surface area contributed by atoms with Crippen LogP contribution in [0.25, 0.3) is 11.1 Å². The van der Waals surface area contributed by atoms with Gasteiger partial charge in [0.1, 0.15) is 23.0 Å². The highest BCUT2D eigenvalue weighted by Gasteiger charge is 2.42. The van der Waals surface area contributed by atoms with Crippen molar-refractivity contribution in [2.24, 2.45) is 17.9 Å². The molecule has 0 radical (unpaired) electrons. The highest BCUT2D eigenvalue weighted by atomic mass is 19.1. The molecule has 0 aromatic carbocycles. The maximum Gasteiger partial charge on any atom is 0.279 e. The average Bonchev–Trinajstić information content (AvgIpc) is 3.53. The fraction of sp³-hybridized carbons (Fsp3) is 0.444. The second-order valence-electron chi connectivity index (χ2n) is 14.6. The Hall–Kier alpha value is -4.55. The van der Waals surface area contributed by atoms with Gasteiger partial charge in [0.2, 0.25) is 0 Å². The molecule has 4 aliphatic rings. The number of pyridine rings is 3. The Balaban J connectivity index is 1.06. The maximum absolute atomic E-state index is 15.7. The summed E-state index contributed by atoms with van der Waals surface area (Å²) < 4.78 is 24.5. The number of anilines is 4. The molecule has 11 nitrogen and oxygen atoms in total. The zero-order valence-electron chi connectivity index (χ0n) is 27.6. The lowest BCUT2D eigenvalue weighted by molar-refractivity contribution is -0.124. The van der Waals surface area contributed by atoms with Gasteiger partial charge in [0.05, 0.1) is 31.7 Å². The van der Waals surface area contributed by atoms with Crippen molar-refractivity contribution in [1.29, 1.82) is 0 Å². The molecule has 250 valence electrons. The number of hydrogen-bond acceptors (Lipinski definition) is 8. The maximum atomic E-state index is 15.7. The van der Waals surface area contributed by atoms with E-state index in [9.17, 15) is 14.7 Å². The normalized spacial score (nSPS) is 19.3. The lowest BCUT2D eigenvalue weighted by atomic mass is 9.77. The van der Waals surface area contributed by atoms with Crippen LogP contribution in [0.4, 0.5) is 27.4 Å². The van der Waals surface area contributed by atoms with Gasteiger partial charge < -0.3 is 29.2 Å². The van der Waals surface area contributed by atoms with Gasteiger partial charge in [-0.05, 0) is 60.9 Å². The van der Waals surface area contributed by atoms with Crippen LogP contribution in [0.15, 0.2) is 47.7 Å². The average molecular weight is 654 g/mol. The Morgan fingerprint density at radius 1 is 1.04 bits per heavy atom. The number of nitrogens with zero attached hydrogens (tertiary/aromatic N) is 6. The molecule has 2 fully saturated rings. The monoisotopic (exact) mass is 653 g/mol. The van der Waals surface area contributed by atoms with Crippen molar-refractivity contribution < 1.29 is 19.0 Å². The van der Waals surface area contributed by atoms with Crippen molar-refractivity contribution in [3.63, 3.8) is 0 Å². The van der Waals surface area contributed by atoms with Crippen LogP contribution in [0.3, 0.4) is 0 Å². The molecule has 8 rings (SSSR count). The van der Waals surface area contributed by atoms with Crippen molar-refractivity contribution in [2.75, 3.05) is 48.0 Å². The molecule has 12 heteroatoms. The van der Waals surface area contributed by atoms with Crippen LogP contribution in [0, 0.1) is 16.6 Å². The molecular weight excluding hydrogens is 613 g/mol. The van der Waals surface area contributed by atoms with Crippen LogP contribution < -0.4 is 20.7 Å². The van der Waals surface area contributed by atoms with E-state index >= 15 is 4.39 Å². The Labute approximate surface area is 278 Å². The first-order valence-corrected chi connectivity index (χ1v) is 16.6. The summed E-state index contributed by atoms with van der Waals surface area (Å²) in [6, 6.07) is 7.35. The molecule has 4 aromatic rings. The van der Waals surface area contributed by atoms with Gasteiger partial charge in [-0.25, -0.2) is 14.4 Å². The Morgan fingerprint density at radius 3 is 2.52 bits per heavy atom. The Kier molecular flexibility index (Phi) is 7.22. The lowest BCUT2D eigenvalue weighted by Gasteiger charge is -2.47. The van der Waals surface area contributed by atoms with E-state index in [1.54, 1.807) is 31.6 Å². The molecule has 0 saturated carbocycles. The number of carbonyl (C=O) groups excluding carboxylic acids is 1. The molecule has 2 N–H and O–H groups in total. The zero-order valence-corrected chi connectivity index (χ0v) is 27.6. The zero-order chi connectivity index (χ0) is 33.4. The molecule has 2 saturated heterocycles. The minimum atomic E-state index is -0.469. The highest BCUT2D eigenvalue weighted by molar-refractivity contribution is 6.06. The topological polar surface area (TPSA) is 118 Å². The molecule has 48 heavy (non-hydrogen) atoms. The summed E-state index contributed by atoms with van der Waals surface area (Å²) in [5.41, 5.74) is 4.70. The summed E-state index contributed by atoms with van der Waals surface area (Å²) in [5.74, 6) is -0.105. The van der Waals surface area contributed by atoms with Crippen LogP contribution in [-0.2, 0) is 37.8 Å². The first kappa shape index (κ1) is 30.8. The quantitative estimate of drug-likeness (QED) is 0.314. The minimum absolute atomic E-state index is 0.0423. The van der Waals surface area contributed by atoms with Crippen LogP contribution >= 0.6 is 0 Å². The number of nitrogens with one attached hydrogen (secondary N) is 1. The van der Waals surface area contributed by atoms with Gasteiger partial charge in [0.25, 0.3) is 11.5 Å². The third-order valence-corrected chi connectivity index (χ3v) is 10.7. The van der Waals surface area contributed by atoms with E-state index in [4.69, 9.17) is 4.74 Å². The minimum Gasteiger partial charge on any atom is -0.392 e. The van der Waals surface area contributed by atoms with E-state index in [0.717, 1.165) is 56.9 Å². The van der Waals surface area contributed by atoms with Crippen LogP contribution in [0.5, 0.6) is 0 Å². The molecule has 0 bridgehead atoms. The molecule has 1 spiro atoms. The molecular formula is C36H40FN7O4. The fourth-order valence-corrected chi connectivity index (χ4v) is 7.94. The standard InChI is InChI=1S/C36H40FN7O4/c1-35(2)15-25-28(16-35)43-12-13-44(34(47)31(43)30(25)37)32-26(19-45)24(6-9-38-32)22-14-27(33(46)41(3)18-22)40-29-5-4-23(17-39-29)42-10-7-36(8-11-42)20-48-21-36/h4-6,9,14,17-18,45H,7-8,10-13,15-16,19-21H2,1-3H3,(H,39,40). The third-order valence-electron chi connectivity index (χ3n) is 10.7. The first-order chi connectivity index (χ1) is 23.1. The van der Waals surface area contributed by atoms with E-state index in [-0.39, 0.29) is 22.5 Å². The first-order valence-electron chi connectivity index (χ1n) is 16.6. The predicted molar refractivity (Wildman–Crippen MR) is 180 cm³/mol. The number of aliphatic hydroxyl groups excluding tert-OH is 1. The summed E-state index contributed by atoms with van der Waals surface area (Å²) >= 11 is 0. The molecule has 3 aliphatic heterocycles. The van der Waals surface area contributed by atoms with Crippen molar-refractivity contribution in [3.05, 3.63) is 81.5 Å². The SMILES string of the molecule is Cn1cc(-c2ccnc(N3CCn4c5c(c(F)c4C3=O)CC(C)(C)C5)c2CO)cc(Nc2ccc(N3CCC4(CC3)COC4)cn2)c1=O. The number of ether oxygens (including phenoxy) is 1. The number of hydrogen-bond donors (Lipinski definition) is 2. The Bertz CT molecular complexity index is 1990. The Morgan fingerprint density at radius 2 is 1.83 bits per heavy atom. The number of aromatic nitrogens is 4. The van der Waals surface area contributed by atoms with E-state index in [1.165, 1.54) is 9.47 Å². The number of aryl methyl sites for hydroxylation is 1. The summed E-state index contributed by atoms with van der Waals surface area (Å²) in [6.45, 7) is 8.21. The largest absolute Gasteiger partial charge is 0.392 e. The summed E-state index contributed by atoms with van der Waals surface area (Å²) in [6.07, 6.45) is 8.62. The number of amides is 1. The van der Waals surface area contributed by atoms with Gasteiger partial charge in [-0.2, -0.15) is 0 Å². The predicted octanol–water partition coefficient (Wildman–Crippen LogP) is 4.42. The molecule has 0 unspecified atom stereocenters. The fourth-order valence-electron chi connectivity index (χ4n) is 7.94. The van der Waals surface area contributed by atoms with Gasteiger partial charge in [0, 0.05) is 73.4 Å². The number of aliphatic hydroxyl groups is 1. The van der Waals surface area contributed by atoms with Crippen molar-refractivity contribution in [2.45, 2.75) is 52.7 Å². The molecule has 0 atom stereocenters. The van der Waals surface area contributed by atoms with E-state index in [0.29, 0.717) is 58.7 Å².